The summed E-state index contributed by atoms with van der Waals surface area (Å²) in [6.45, 7) is 2.17. The van der Waals surface area contributed by atoms with Gasteiger partial charge < -0.3 is 9.64 Å². The van der Waals surface area contributed by atoms with E-state index in [0.29, 0.717) is 38.3 Å². The average molecular weight is 430 g/mol. The Hall–Kier alpha value is -1.86. The first-order valence-electron chi connectivity index (χ1n) is 9.53. The van der Waals surface area contributed by atoms with E-state index in [1.54, 1.807) is 17.2 Å². The van der Waals surface area contributed by atoms with Gasteiger partial charge in [0.05, 0.1) is 18.0 Å². The number of rotatable bonds is 4. The number of aromatic nitrogens is 1. The fourth-order valence-corrected chi connectivity index (χ4v) is 5.79. The van der Waals surface area contributed by atoms with Crippen LogP contribution in [0.1, 0.15) is 12.8 Å². The predicted molar refractivity (Wildman–Crippen MR) is 103 cm³/mol. The first-order chi connectivity index (χ1) is 13.9. The smallest absolute Gasteiger partial charge is 0.251 e. The van der Waals surface area contributed by atoms with Crippen LogP contribution in [0, 0.1) is 11.8 Å². The predicted octanol–water partition coefficient (Wildman–Crippen LogP) is 0.415. The third-order valence-electron chi connectivity index (χ3n) is 5.50. The minimum atomic E-state index is -3.45. The van der Waals surface area contributed by atoms with Crippen molar-refractivity contribution in [3.05, 3.63) is 30.2 Å². The van der Waals surface area contributed by atoms with Crippen LogP contribution in [0.5, 0.6) is 0 Å². The van der Waals surface area contributed by atoms with E-state index in [1.807, 2.05) is 0 Å². The van der Waals surface area contributed by atoms with E-state index in [9.17, 15) is 17.2 Å². The van der Waals surface area contributed by atoms with Crippen LogP contribution in [0.2, 0.25) is 0 Å². The maximum absolute atomic E-state index is 14.7. The van der Waals surface area contributed by atoms with Gasteiger partial charge in [0.1, 0.15) is 11.4 Å². The molecule has 160 valence electrons. The third kappa shape index (κ3) is 3.82. The molecule has 29 heavy (non-hydrogen) atoms. The van der Waals surface area contributed by atoms with Crippen LogP contribution in [0.15, 0.2) is 18.5 Å². The molecule has 9 nitrogen and oxygen atoms in total. The first-order valence-corrected chi connectivity index (χ1v) is 11.0. The molecule has 4 rings (SSSR count). The maximum atomic E-state index is 14.7. The van der Waals surface area contributed by atoms with Crippen molar-refractivity contribution in [2.45, 2.75) is 18.1 Å². The number of hydrazine groups is 2. The molecule has 3 aliphatic rings. The lowest BCUT2D eigenvalue weighted by Gasteiger charge is -2.39. The van der Waals surface area contributed by atoms with Crippen molar-refractivity contribution in [2.24, 2.45) is 5.84 Å². The van der Waals surface area contributed by atoms with Crippen molar-refractivity contribution in [1.29, 1.82) is 0 Å². The van der Waals surface area contributed by atoms with Gasteiger partial charge in [0, 0.05) is 45.6 Å². The Bertz CT molecular complexity index is 885. The quantitative estimate of drug-likeness (QED) is 0.542. The maximum Gasteiger partial charge on any atom is 0.251 e. The highest BCUT2D eigenvalue weighted by Crippen LogP contribution is 2.35. The van der Waals surface area contributed by atoms with Crippen molar-refractivity contribution in [1.82, 2.24) is 14.4 Å². The molecule has 0 saturated carbocycles. The van der Waals surface area contributed by atoms with Gasteiger partial charge in [-0.05, 0) is 18.9 Å². The standard InChI is InChI=1S/C17H24F2N6O3S/c18-15-16(14(12-21-17(15)19)24-4-1-5-25(24)20)22-6-8-23(9-7-22)29(26,27)13-2-10-28-11-3-13/h1,4,12-13H,2-3,5-11,20H2. The average Bonchev–Trinajstić information content (AvgIpc) is 3.16. The van der Waals surface area contributed by atoms with Gasteiger partial charge in [-0.3, -0.25) is 5.01 Å². The van der Waals surface area contributed by atoms with Crippen molar-refractivity contribution in [3.8, 4) is 0 Å². The Balaban J connectivity index is 1.54. The first kappa shape index (κ1) is 20.4. The topological polar surface area (TPSA) is 95.2 Å². The monoisotopic (exact) mass is 430 g/mol. The molecule has 0 atom stereocenters. The largest absolute Gasteiger partial charge is 0.381 e. The van der Waals surface area contributed by atoms with E-state index >= 15 is 0 Å². The Morgan fingerprint density at radius 3 is 2.45 bits per heavy atom. The molecule has 2 N–H and O–H groups in total. The van der Waals surface area contributed by atoms with Crippen LogP contribution in [0.4, 0.5) is 20.2 Å². The summed E-state index contributed by atoms with van der Waals surface area (Å²) in [5, 5.41) is 2.40. The zero-order valence-corrected chi connectivity index (χ0v) is 16.7. The summed E-state index contributed by atoms with van der Waals surface area (Å²) in [7, 11) is -3.45. The second-order valence-corrected chi connectivity index (χ2v) is 9.40. The van der Waals surface area contributed by atoms with Crippen molar-refractivity contribution < 1.29 is 21.9 Å². The van der Waals surface area contributed by atoms with Crippen molar-refractivity contribution >= 4 is 21.4 Å². The molecule has 0 bridgehead atoms. The van der Waals surface area contributed by atoms with Gasteiger partial charge in [0.2, 0.25) is 15.8 Å². The van der Waals surface area contributed by atoms with E-state index in [2.05, 4.69) is 4.98 Å². The number of ether oxygens (including phenoxy) is 1. The zero-order chi connectivity index (χ0) is 20.6. The van der Waals surface area contributed by atoms with Crippen LogP contribution in [0.3, 0.4) is 0 Å². The van der Waals surface area contributed by atoms with Crippen molar-refractivity contribution in [3.63, 3.8) is 0 Å². The number of hydrogen-bond donors (Lipinski definition) is 1. The Labute approximate surface area is 168 Å². The SMILES string of the molecule is NN1CC=CN1c1cnc(F)c(F)c1N1CCN(S(=O)(=O)C2CCOCC2)CC1. The molecule has 3 aliphatic heterocycles. The highest BCUT2D eigenvalue weighted by molar-refractivity contribution is 7.89. The lowest BCUT2D eigenvalue weighted by atomic mass is 10.2. The molecule has 0 aromatic carbocycles. The summed E-state index contributed by atoms with van der Waals surface area (Å²) in [6.07, 6.45) is 5.62. The number of hydrogen-bond acceptors (Lipinski definition) is 8. The van der Waals surface area contributed by atoms with Gasteiger partial charge in [-0.1, -0.05) is 0 Å². The molecule has 0 spiro atoms. The minimum Gasteiger partial charge on any atom is -0.381 e. The van der Waals surface area contributed by atoms with E-state index in [4.69, 9.17) is 10.6 Å². The number of pyridine rings is 1. The number of anilines is 2. The number of piperazine rings is 1. The second-order valence-electron chi connectivity index (χ2n) is 7.19. The number of nitrogens with two attached hydrogens (primary N) is 1. The van der Waals surface area contributed by atoms with Crippen LogP contribution >= 0.6 is 0 Å². The van der Waals surface area contributed by atoms with E-state index in [1.165, 1.54) is 20.6 Å². The van der Waals surface area contributed by atoms with Crippen LogP contribution in [-0.4, -0.2) is 74.0 Å². The van der Waals surface area contributed by atoms with Gasteiger partial charge in [-0.2, -0.15) is 18.2 Å². The fourth-order valence-electron chi connectivity index (χ4n) is 3.91. The molecule has 2 fully saturated rings. The summed E-state index contributed by atoms with van der Waals surface area (Å²) < 4.78 is 61.1. The van der Waals surface area contributed by atoms with Gasteiger partial charge in [-0.25, -0.2) is 19.2 Å². The molecular weight excluding hydrogens is 406 g/mol. The Morgan fingerprint density at radius 2 is 1.83 bits per heavy atom. The number of nitrogens with zero attached hydrogens (tertiary/aromatic N) is 5. The normalized spacial score (nSPS) is 22.6. The van der Waals surface area contributed by atoms with Crippen molar-refractivity contribution in [2.75, 3.05) is 55.8 Å². The molecule has 1 aromatic heterocycles. The molecule has 0 radical (unpaired) electrons. The summed E-state index contributed by atoms with van der Waals surface area (Å²) in [4.78, 5) is 5.13. The van der Waals surface area contributed by atoms with E-state index in [0.717, 1.165) is 0 Å². The third-order valence-corrected chi connectivity index (χ3v) is 7.90. The summed E-state index contributed by atoms with van der Waals surface area (Å²) in [6, 6.07) is 0. The molecule has 2 saturated heterocycles. The van der Waals surface area contributed by atoms with Crippen LogP contribution in [0.25, 0.3) is 0 Å². The molecule has 0 unspecified atom stereocenters. The van der Waals surface area contributed by atoms with Gasteiger partial charge in [-0.15, -0.1) is 0 Å². The van der Waals surface area contributed by atoms with Gasteiger partial charge >= 0.3 is 0 Å². The van der Waals surface area contributed by atoms with Crippen LogP contribution in [-0.2, 0) is 14.8 Å². The van der Waals surface area contributed by atoms with E-state index in [-0.39, 0.29) is 31.9 Å². The molecule has 0 aliphatic carbocycles. The van der Waals surface area contributed by atoms with Crippen LogP contribution < -0.4 is 15.8 Å². The Kier molecular flexibility index (Phi) is 5.71. The fraction of sp³-hybridized carbons (Fsp3) is 0.588. The highest BCUT2D eigenvalue weighted by atomic mass is 32.2. The zero-order valence-electron chi connectivity index (χ0n) is 15.9. The lowest BCUT2D eigenvalue weighted by molar-refractivity contribution is 0.0971. The number of sulfonamides is 1. The molecule has 0 amide bonds. The summed E-state index contributed by atoms with van der Waals surface area (Å²) in [5.74, 6) is 3.62. The van der Waals surface area contributed by atoms with E-state index < -0.39 is 27.0 Å². The minimum absolute atomic E-state index is 0.0302. The molecule has 1 aromatic rings. The lowest BCUT2D eigenvalue weighted by Crippen LogP contribution is -2.52. The second kappa shape index (κ2) is 8.11. The van der Waals surface area contributed by atoms with Gasteiger partial charge in [0.25, 0.3) is 5.95 Å². The van der Waals surface area contributed by atoms with Gasteiger partial charge in [0.15, 0.2) is 0 Å². The summed E-state index contributed by atoms with van der Waals surface area (Å²) in [5.41, 5.74) is 0.337. The summed E-state index contributed by atoms with van der Waals surface area (Å²) >= 11 is 0. The Morgan fingerprint density at radius 1 is 1.14 bits per heavy atom. The molecule has 12 heteroatoms. The number of halogens is 2. The molecule has 4 heterocycles. The molecular formula is C17H24F2N6O3S. The highest BCUT2D eigenvalue weighted by Gasteiger charge is 2.36.